The number of esters is 1. The van der Waals surface area contributed by atoms with Crippen LogP contribution in [-0.2, 0) is 19.1 Å². The van der Waals surface area contributed by atoms with E-state index >= 15 is 0 Å². The van der Waals surface area contributed by atoms with Crippen LogP contribution in [0.15, 0.2) is 29.7 Å². The first-order valence-corrected chi connectivity index (χ1v) is 10.0. The molecule has 0 bridgehead atoms. The number of thiocarbonyl (C=S) groups is 1. The Bertz CT molecular complexity index is 838. The highest BCUT2D eigenvalue weighted by molar-refractivity contribution is 7.81. The molecule has 10 heteroatoms. The Morgan fingerprint density at radius 3 is 2.37 bits per heavy atom. The highest BCUT2D eigenvalue weighted by Crippen LogP contribution is 2.26. The first-order chi connectivity index (χ1) is 14.3. The molecule has 0 aliphatic carbocycles. The van der Waals surface area contributed by atoms with Crippen molar-refractivity contribution in [1.82, 2.24) is 4.90 Å². The summed E-state index contributed by atoms with van der Waals surface area (Å²) in [6, 6.07) is 4.32. The Labute approximate surface area is 180 Å². The third-order valence-corrected chi connectivity index (χ3v) is 4.78. The van der Waals surface area contributed by atoms with Gasteiger partial charge in [-0.05, 0) is 32.0 Å². The van der Waals surface area contributed by atoms with Crippen LogP contribution in [0.4, 0.5) is 15.8 Å². The number of nitrogens with zero attached hydrogens (tertiary/aromatic N) is 2. The number of rotatable bonds is 7. The van der Waals surface area contributed by atoms with E-state index in [2.05, 4.69) is 5.32 Å². The second kappa shape index (κ2) is 10.8. The maximum Gasteiger partial charge on any atom is 0.348 e. The molecule has 0 aromatic heterocycles. The van der Waals surface area contributed by atoms with E-state index in [1.807, 2.05) is 4.90 Å². The molecule has 0 radical (unpaired) electrons. The number of hydrogen-bond donors (Lipinski definition) is 2. The van der Waals surface area contributed by atoms with Crippen LogP contribution in [0.5, 0.6) is 0 Å². The number of amides is 1. The van der Waals surface area contributed by atoms with Crippen LogP contribution >= 0.6 is 12.2 Å². The standard InChI is InChI=1S/C20H26FN3O5S/c1-4-28-19(26)17(20(27)29-5-2)18(30)22-14-6-7-15(21)16(12-14)24-10-8-23(9-11-24)13(3)25/h6-7,12,26H,4-5,8-11H2,1-3H3,(H,22,30). The molecular formula is C20H26FN3O5S. The Morgan fingerprint density at radius 1 is 1.17 bits per heavy atom. The fourth-order valence-electron chi connectivity index (χ4n) is 2.98. The first kappa shape index (κ1) is 23.4. The molecular weight excluding hydrogens is 413 g/mol. The third-order valence-electron chi connectivity index (χ3n) is 4.47. The highest BCUT2D eigenvalue weighted by Gasteiger charge is 2.25. The van der Waals surface area contributed by atoms with Crippen molar-refractivity contribution in [3.63, 3.8) is 0 Å². The largest absolute Gasteiger partial charge is 0.480 e. The number of aliphatic hydroxyl groups excluding tert-OH is 1. The van der Waals surface area contributed by atoms with E-state index in [1.54, 1.807) is 24.8 Å². The number of halogens is 1. The molecule has 1 aromatic rings. The zero-order valence-electron chi connectivity index (χ0n) is 17.2. The molecule has 2 rings (SSSR count). The Morgan fingerprint density at radius 2 is 1.80 bits per heavy atom. The second-order valence-electron chi connectivity index (χ2n) is 6.45. The van der Waals surface area contributed by atoms with Crippen molar-refractivity contribution < 1.29 is 28.6 Å². The molecule has 1 aromatic carbocycles. The molecule has 1 saturated heterocycles. The van der Waals surface area contributed by atoms with Crippen molar-refractivity contribution in [3.8, 4) is 0 Å². The molecule has 1 heterocycles. The summed E-state index contributed by atoms with van der Waals surface area (Å²) < 4.78 is 24.4. The average molecular weight is 440 g/mol. The smallest absolute Gasteiger partial charge is 0.348 e. The molecule has 1 aliphatic heterocycles. The maximum atomic E-state index is 14.4. The summed E-state index contributed by atoms with van der Waals surface area (Å²) in [5.74, 6) is -1.90. The lowest BCUT2D eigenvalue weighted by Crippen LogP contribution is -2.48. The van der Waals surface area contributed by atoms with E-state index in [0.29, 0.717) is 37.6 Å². The molecule has 1 amide bonds. The number of carbonyl (C=O) groups excluding carboxylic acids is 2. The van der Waals surface area contributed by atoms with E-state index in [-0.39, 0.29) is 29.7 Å². The molecule has 164 valence electrons. The number of aliphatic hydroxyl groups is 1. The van der Waals surface area contributed by atoms with Crippen molar-refractivity contribution in [3.05, 3.63) is 35.5 Å². The van der Waals surface area contributed by atoms with Crippen molar-refractivity contribution in [2.75, 3.05) is 49.6 Å². The monoisotopic (exact) mass is 439 g/mol. The zero-order chi connectivity index (χ0) is 22.3. The lowest BCUT2D eigenvalue weighted by Gasteiger charge is -2.35. The highest BCUT2D eigenvalue weighted by atomic mass is 32.1. The van der Waals surface area contributed by atoms with Gasteiger partial charge in [0.15, 0.2) is 5.57 Å². The maximum absolute atomic E-state index is 14.4. The van der Waals surface area contributed by atoms with Crippen molar-refractivity contribution in [2.24, 2.45) is 0 Å². The van der Waals surface area contributed by atoms with Crippen LogP contribution in [0.1, 0.15) is 20.8 Å². The summed E-state index contributed by atoms with van der Waals surface area (Å²) >= 11 is 5.25. The minimum Gasteiger partial charge on any atom is -0.480 e. The van der Waals surface area contributed by atoms with Crippen molar-refractivity contribution >= 4 is 40.5 Å². The van der Waals surface area contributed by atoms with E-state index < -0.39 is 17.7 Å². The lowest BCUT2D eigenvalue weighted by molar-refractivity contribution is -0.138. The Balaban J connectivity index is 2.21. The van der Waals surface area contributed by atoms with Gasteiger partial charge in [0.2, 0.25) is 5.91 Å². The quantitative estimate of drug-likeness (QED) is 0.290. The molecule has 1 fully saturated rings. The van der Waals surface area contributed by atoms with Crippen LogP contribution in [0.2, 0.25) is 0 Å². The number of anilines is 2. The van der Waals surface area contributed by atoms with E-state index in [4.69, 9.17) is 21.7 Å². The molecule has 30 heavy (non-hydrogen) atoms. The summed E-state index contributed by atoms with van der Waals surface area (Å²) in [7, 11) is 0. The van der Waals surface area contributed by atoms with Crippen molar-refractivity contribution in [1.29, 1.82) is 0 Å². The second-order valence-corrected chi connectivity index (χ2v) is 6.86. The minimum atomic E-state index is -0.830. The minimum absolute atomic E-state index is 0.0109. The third kappa shape index (κ3) is 5.82. The van der Waals surface area contributed by atoms with Gasteiger partial charge in [0.25, 0.3) is 5.95 Å². The van der Waals surface area contributed by atoms with Gasteiger partial charge in [-0.3, -0.25) is 4.79 Å². The molecule has 0 unspecified atom stereocenters. The molecule has 0 saturated carbocycles. The summed E-state index contributed by atoms with van der Waals surface area (Å²) in [4.78, 5) is 27.1. The predicted molar refractivity (Wildman–Crippen MR) is 115 cm³/mol. The average Bonchev–Trinajstić information content (AvgIpc) is 2.70. The topological polar surface area (TPSA) is 91.3 Å². The van der Waals surface area contributed by atoms with Crippen LogP contribution in [0.3, 0.4) is 0 Å². The fourth-order valence-corrected chi connectivity index (χ4v) is 3.27. The molecule has 0 atom stereocenters. The predicted octanol–water partition coefficient (Wildman–Crippen LogP) is 2.60. The van der Waals surface area contributed by atoms with Crippen LogP contribution in [0, 0.1) is 5.82 Å². The van der Waals surface area contributed by atoms with Crippen LogP contribution < -0.4 is 10.2 Å². The molecule has 0 spiro atoms. The lowest BCUT2D eigenvalue weighted by atomic mass is 10.2. The molecule has 8 nitrogen and oxygen atoms in total. The summed E-state index contributed by atoms with van der Waals surface area (Å²) in [6.45, 7) is 6.99. The van der Waals surface area contributed by atoms with E-state index in [9.17, 15) is 19.1 Å². The summed E-state index contributed by atoms with van der Waals surface area (Å²) in [5.41, 5.74) is 0.466. The van der Waals surface area contributed by atoms with Gasteiger partial charge in [-0.2, -0.15) is 0 Å². The number of nitrogens with one attached hydrogen (secondary N) is 1. The van der Waals surface area contributed by atoms with Gasteiger partial charge in [0, 0.05) is 38.8 Å². The van der Waals surface area contributed by atoms with Gasteiger partial charge in [0.1, 0.15) is 10.8 Å². The fraction of sp³-hybridized carbons (Fsp3) is 0.450. The molecule has 2 N–H and O–H groups in total. The number of piperazine rings is 1. The van der Waals surface area contributed by atoms with Gasteiger partial charge < -0.3 is 29.7 Å². The normalized spacial score (nSPS) is 14.7. The van der Waals surface area contributed by atoms with Crippen LogP contribution in [-0.4, -0.2) is 66.3 Å². The number of ether oxygens (including phenoxy) is 2. The number of carbonyl (C=O) groups is 2. The van der Waals surface area contributed by atoms with Crippen LogP contribution in [0.25, 0.3) is 0 Å². The number of benzene rings is 1. The van der Waals surface area contributed by atoms with Gasteiger partial charge in [-0.1, -0.05) is 12.2 Å². The molecule has 1 aliphatic rings. The Hall–Kier alpha value is -2.88. The van der Waals surface area contributed by atoms with Gasteiger partial charge in [-0.15, -0.1) is 0 Å². The SMILES string of the molecule is CCOC(=O)C(C(=S)Nc1ccc(F)c(N2CCN(C(C)=O)CC2)c1)=C(O)OCC. The van der Waals surface area contributed by atoms with E-state index in [0.717, 1.165) is 0 Å². The van der Waals surface area contributed by atoms with Crippen molar-refractivity contribution in [2.45, 2.75) is 20.8 Å². The Kier molecular flexibility index (Phi) is 8.40. The van der Waals surface area contributed by atoms with Gasteiger partial charge >= 0.3 is 5.97 Å². The number of hydrogen-bond acceptors (Lipinski definition) is 7. The van der Waals surface area contributed by atoms with E-state index in [1.165, 1.54) is 19.1 Å². The van der Waals surface area contributed by atoms with Gasteiger partial charge in [0.05, 0.1) is 18.9 Å². The van der Waals surface area contributed by atoms with Gasteiger partial charge in [-0.25, -0.2) is 9.18 Å². The summed E-state index contributed by atoms with van der Waals surface area (Å²) in [6.07, 6.45) is 0. The zero-order valence-corrected chi connectivity index (χ0v) is 18.1. The first-order valence-electron chi connectivity index (χ1n) is 9.62. The summed E-state index contributed by atoms with van der Waals surface area (Å²) in [5, 5.41) is 12.9.